The quantitative estimate of drug-likeness (QED) is 0.770. The predicted molar refractivity (Wildman–Crippen MR) is 88.2 cm³/mol. The third kappa shape index (κ3) is 3.97. The van der Waals surface area contributed by atoms with Crippen molar-refractivity contribution >= 4 is 26.0 Å². The van der Waals surface area contributed by atoms with Crippen LogP contribution in [0.2, 0.25) is 0 Å². The minimum Gasteiger partial charge on any atom is -0.444 e. The lowest BCUT2D eigenvalue weighted by Crippen LogP contribution is -2.32. The minimum absolute atomic E-state index is 0.00893. The number of aryl methyl sites for hydroxylation is 1. The highest BCUT2D eigenvalue weighted by Crippen LogP contribution is 2.24. The summed E-state index contributed by atoms with van der Waals surface area (Å²) in [4.78, 5) is 4.37. The average Bonchev–Trinajstić information content (AvgIpc) is 2.91. The Bertz CT molecular complexity index is 724. The fraction of sp³-hybridized carbons (Fsp3) is 0.400. The molecule has 1 atom stereocenters. The monoisotopic (exact) mass is 386 g/mol. The number of benzene rings is 1. The van der Waals surface area contributed by atoms with Crippen molar-refractivity contribution in [1.29, 1.82) is 0 Å². The predicted octanol–water partition coefficient (Wildman–Crippen LogP) is 3.55. The number of alkyl halides is 1. The zero-order valence-electron chi connectivity index (χ0n) is 12.7. The molecule has 2 aromatic rings. The van der Waals surface area contributed by atoms with Crippen molar-refractivity contribution in [1.82, 2.24) is 9.71 Å². The molecule has 0 aliphatic carbocycles. The summed E-state index contributed by atoms with van der Waals surface area (Å²) in [5, 5.41) is 0.685. The second-order valence-electron chi connectivity index (χ2n) is 5.43. The number of hydrogen-bond donors (Lipinski definition) is 1. The molecule has 0 saturated heterocycles. The molecule has 0 aliphatic rings. The molecular formula is C15H19BrN2O3S. The SMILES string of the molecule is Cc1cnc(C(NS(=O)(=O)c2ccc(CBr)cc2)C(C)C)o1. The van der Waals surface area contributed by atoms with Gasteiger partial charge in [0.05, 0.1) is 11.1 Å². The number of hydrogen-bond acceptors (Lipinski definition) is 4. The highest BCUT2D eigenvalue weighted by molar-refractivity contribution is 9.08. The zero-order chi connectivity index (χ0) is 16.3. The zero-order valence-corrected chi connectivity index (χ0v) is 15.1. The lowest BCUT2D eigenvalue weighted by Gasteiger charge is -2.19. The number of nitrogens with one attached hydrogen (secondary N) is 1. The molecule has 1 N–H and O–H groups in total. The Kier molecular flexibility index (Phi) is 5.41. The second kappa shape index (κ2) is 6.93. The van der Waals surface area contributed by atoms with Crippen LogP contribution in [0.4, 0.5) is 0 Å². The van der Waals surface area contributed by atoms with Gasteiger partial charge in [-0.3, -0.25) is 0 Å². The first kappa shape index (κ1) is 17.2. The largest absolute Gasteiger partial charge is 0.444 e. The van der Waals surface area contributed by atoms with Crippen LogP contribution in [0.5, 0.6) is 0 Å². The van der Waals surface area contributed by atoms with Crippen LogP contribution in [0, 0.1) is 12.8 Å². The Morgan fingerprint density at radius 2 is 1.91 bits per heavy atom. The van der Waals surface area contributed by atoms with E-state index in [0.29, 0.717) is 17.0 Å². The molecule has 0 radical (unpaired) electrons. The molecule has 22 heavy (non-hydrogen) atoms. The number of sulfonamides is 1. The van der Waals surface area contributed by atoms with E-state index in [0.717, 1.165) is 5.56 Å². The van der Waals surface area contributed by atoms with Crippen molar-refractivity contribution in [2.24, 2.45) is 5.92 Å². The van der Waals surface area contributed by atoms with Gasteiger partial charge in [-0.25, -0.2) is 13.4 Å². The maximum atomic E-state index is 12.5. The number of aromatic nitrogens is 1. The van der Waals surface area contributed by atoms with Gasteiger partial charge in [0.2, 0.25) is 15.9 Å². The fourth-order valence-corrected chi connectivity index (χ4v) is 3.69. The van der Waals surface area contributed by atoms with Gasteiger partial charge in [0.25, 0.3) is 0 Å². The second-order valence-corrected chi connectivity index (χ2v) is 7.70. The van der Waals surface area contributed by atoms with Gasteiger partial charge in [0.1, 0.15) is 11.8 Å². The smallest absolute Gasteiger partial charge is 0.241 e. The van der Waals surface area contributed by atoms with Crippen molar-refractivity contribution in [2.75, 3.05) is 0 Å². The molecular weight excluding hydrogens is 368 g/mol. The molecule has 7 heteroatoms. The summed E-state index contributed by atoms with van der Waals surface area (Å²) >= 11 is 3.34. The van der Waals surface area contributed by atoms with Gasteiger partial charge in [-0.05, 0) is 30.5 Å². The highest BCUT2D eigenvalue weighted by Gasteiger charge is 2.27. The van der Waals surface area contributed by atoms with Crippen LogP contribution >= 0.6 is 15.9 Å². The lowest BCUT2D eigenvalue weighted by atomic mass is 10.1. The van der Waals surface area contributed by atoms with Crippen LogP contribution in [0.3, 0.4) is 0 Å². The van der Waals surface area contributed by atoms with Crippen LogP contribution < -0.4 is 4.72 Å². The van der Waals surface area contributed by atoms with Crippen LogP contribution in [-0.4, -0.2) is 13.4 Å². The molecule has 0 bridgehead atoms. The molecule has 1 aromatic heterocycles. The summed E-state index contributed by atoms with van der Waals surface area (Å²) in [6.45, 7) is 5.61. The molecule has 5 nitrogen and oxygen atoms in total. The van der Waals surface area contributed by atoms with Crippen molar-refractivity contribution in [3.8, 4) is 0 Å². The normalized spacial score (nSPS) is 13.5. The molecule has 0 fully saturated rings. The van der Waals surface area contributed by atoms with Gasteiger partial charge in [0, 0.05) is 5.33 Å². The van der Waals surface area contributed by atoms with Crippen LogP contribution in [0.25, 0.3) is 0 Å². The van der Waals surface area contributed by atoms with E-state index in [1.54, 1.807) is 37.4 Å². The third-order valence-electron chi connectivity index (χ3n) is 3.24. The number of rotatable bonds is 6. The summed E-state index contributed by atoms with van der Waals surface area (Å²) in [7, 11) is -3.63. The highest BCUT2D eigenvalue weighted by atomic mass is 79.9. The van der Waals surface area contributed by atoms with E-state index in [1.807, 2.05) is 13.8 Å². The number of halogens is 1. The van der Waals surface area contributed by atoms with Gasteiger partial charge in [-0.15, -0.1) is 0 Å². The number of nitrogens with zero attached hydrogens (tertiary/aromatic N) is 1. The Morgan fingerprint density at radius 3 is 2.36 bits per heavy atom. The first-order chi connectivity index (χ1) is 10.3. The van der Waals surface area contributed by atoms with Crippen LogP contribution in [-0.2, 0) is 15.4 Å². The topological polar surface area (TPSA) is 72.2 Å². The summed E-state index contributed by atoms with van der Waals surface area (Å²) in [5.41, 5.74) is 1.02. The minimum atomic E-state index is -3.63. The summed E-state index contributed by atoms with van der Waals surface area (Å²) in [6, 6.07) is 6.25. The summed E-state index contributed by atoms with van der Waals surface area (Å²) in [5.74, 6) is 1.05. The molecule has 0 aliphatic heterocycles. The molecule has 0 saturated carbocycles. The molecule has 120 valence electrons. The first-order valence-corrected chi connectivity index (χ1v) is 9.53. The van der Waals surface area contributed by atoms with Crippen molar-refractivity contribution in [2.45, 2.75) is 37.0 Å². The van der Waals surface area contributed by atoms with E-state index in [2.05, 4.69) is 25.6 Å². The maximum absolute atomic E-state index is 12.5. The molecule has 1 unspecified atom stereocenters. The van der Waals surface area contributed by atoms with Crippen molar-refractivity contribution in [3.05, 3.63) is 47.7 Å². The van der Waals surface area contributed by atoms with Gasteiger partial charge >= 0.3 is 0 Å². The van der Waals surface area contributed by atoms with E-state index < -0.39 is 16.1 Å². The van der Waals surface area contributed by atoms with E-state index in [1.165, 1.54) is 0 Å². The third-order valence-corrected chi connectivity index (χ3v) is 5.35. The molecule has 1 aromatic carbocycles. The molecule has 0 spiro atoms. The summed E-state index contributed by atoms with van der Waals surface area (Å²) in [6.07, 6.45) is 1.59. The van der Waals surface area contributed by atoms with E-state index in [9.17, 15) is 8.42 Å². The Hall–Kier alpha value is -1.18. The van der Waals surface area contributed by atoms with Crippen LogP contribution in [0.15, 0.2) is 39.8 Å². The Morgan fingerprint density at radius 1 is 1.27 bits per heavy atom. The maximum Gasteiger partial charge on any atom is 0.241 e. The first-order valence-electron chi connectivity index (χ1n) is 6.93. The Balaban J connectivity index is 2.27. The standard InChI is InChI=1S/C15H19BrN2O3S/c1-10(2)14(15-17-9-11(3)21-15)18-22(19,20)13-6-4-12(8-16)5-7-13/h4-7,9-10,14,18H,8H2,1-3H3. The van der Waals surface area contributed by atoms with Crippen molar-refractivity contribution < 1.29 is 12.8 Å². The fourth-order valence-electron chi connectivity index (χ4n) is 1.98. The lowest BCUT2D eigenvalue weighted by molar-refractivity contribution is 0.356. The van der Waals surface area contributed by atoms with Gasteiger partial charge in [0.15, 0.2) is 0 Å². The average molecular weight is 387 g/mol. The van der Waals surface area contributed by atoms with Gasteiger partial charge in [-0.1, -0.05) is 41.9 Å². The Labute approximate surface area is 139 Å². The van der Waals surface area contributed by atoms with Gasteiger partial charge < -0.3 is 4.42 Å². The molecule has 2 rings (SSSR count). The van der Waals surface area contributed by atoms with Crippen molar-refractivity contribution in [3.63, 3.8) is 0 Å². The molecule has 1 heterocycles. The summed E-state index contributed by atoms with van der Waals surface area (Å²) < 4.78 is 33.2. The number of oxazole rings is 1. The van der Waals surface area contributed by atoms with E-state index in [4.69, 9.17) is 4.42 Å². The van der Waals surface area contributed by atoms with Crippen LogP contribution in [0.1, 0.15) is 37.1 Å². The van der Waals surface area contributed by atoms with E-state index >= 15 is 0 Å². The van der Waals surface area contributed by atoms with E-state index in [-0.39, 0.29) is 10.8 Å². The van der Waals surface area contributed by atoms with Gasteiger partial charge in [-0.2, -0.15) is 4.72 Å². The molecule has 0 amide bonds.